The number of carbonyl (C=O) groups excluding carboxylic acids is 2. The molecule has 7 heteroatoms. The molecule has 1 aliphatic heterocycles. The summed E-state index contributed by atoms with van der Waals surface area (Å²) in [4.78, 5) is 31.8. The van der Waals surface area contributed by atoms with E-state index in [1.807, 2.05) is 43.0 Å². The summed E-state index contributed by atoms with van der Waals surface area (Å²) >= 11 is 7.68. The summed E-state index contributed by atoms with van der Waals surface area (Å²) in [6.45, 7) is 5.10. The molecule has 0 spiro atoms. The molecule has 1 aromatic heterocycles. The molecule has 0 aliphatic carbocycles. The highest BCUT2D eigenvalue weighted by Crippen LogP contribution is 2.26. The summed E-state index contributed by atoms with van der Waals surface area (Å²) in [5.74, 6) is 0.0858. The van der Waals surface area contributed by atoms with Crippen molar-refractivity contribution in [1.29, 1.82) is 0 Å². The molecule has 27 heavy (non-hydrogen) atoms. The van der Waals surface area contributed by atoms with Crippen LogP contribution in [0, 0.1) is 11.8 Å². The highest BCUT2D eigenvalue weighted by Gasteiger charge is 2.28. The largest absolute Gasteiger partial charge is 0.342 e. The van der Waals surface area contributed by atoms with Crippen LogP contribution in [0.3, 0.4) is 0 Å². The predicted octanol–water partition coefficient (Wildman–Crippen LogP) is 4.22. The molecule has 5 nitrogen and oxygen atoms in total. The molecule has 0 bridgehead atoms. The fourth-order valence-corrected chi connectivity index (χ4v) is 4.25. The highest BCUT2D eigenvalue weighted by molar-refractivity contribution is 7.15. The SMILES string of the molecule is CC(C)C(=O)N1CCC(C(=O)Nc2ncc(Cc3ccccc3Cl)s2)CC1. The van der Waals surface area contributed by atoms with Crippen molar-refractivity contribution in [3.63, 3.8) is 0 Å². The molecule has 0 saturated carbocycles. The number of amides is 2. The number of carbonyl (C=O) groups is 2. The van der Waals surface area contributed by atoms with Crippen LogP contribution in [0.5, 0.6) is 0 Å². The minimum atomic E-state index is -0.0721. The normalized spacial score (nSPS) is 15.2. The second-order valence-electron chi connectivity index (χ2n) is 7.14. The van der Waals surface area contributed by atoms with Crippen LogP contribution in [0.2, 0.25) is 5.02 Å². The lowest BCUT2D eigenvalue weighted by atomic mass is 9.95. The number of likely N-dealkylation sites (tertiary alicyclic amines) is 1. The smallest absolute Gasteiger partial charge is 0.229 e. The number of halogens is 1. The van der Waals surface area contributed by atoms with Gasteiger partial charge in [0.05, 0.1) is 0 Å². The van der Waals surface area contributed by atoms with E-state index in [1.54, 1.807) is 6.20 Å². The van der Waals surface area contributed by atoms with E-state index in [4.69, 9.17) is 11.6 Å². The first-order chi connectivity index (χ1) is 12.9. The lowest BCUT2D eigenvalue weighted by molar-refractivity contribution is -0.137. The molecule has 0 radical (unpaired) electrons. The summed E-state index contributed by atoms with van der Waals surface area (Å²) < 4.78 is 0. The van der Waals surface area contributed by atoms with Crippen molar-refractivity contribution in [3.05, 3.63) is 45.9 Å². The van der Waals surface area contributed by atoms with E-state index in [0.717, 1.165) is 15.5 Å². The van der Waals surface area contributed by atoms with Crippen molar-refractivity contribution in [1.82, 2.24) is 9.88 Å². The number of hydrogen-bond donors (Lipinski definition) is 1. The van der Waals surface area contributed by atoms with Crippen LogP contribution in [-0.4, -0.2) is 34.8 Å². The molecule has 1 saturated heterocycles. The fourth-order valence-electron chi connectivity index (χ4n) is 3.21. The van der Waals surface area contributed by atoms with E-state index in [9.17, 15) is 9.59 Å². The second-order valence-corrected chi connectivity index (χ2v) is 8.67. The average molecular weight is 406 g/mol. The van der Waals surface area contributed by atoms with Crippen molar-refractivity contribution in [2.45, 2.75) is 33.1 Å². The van der Waals surface area contributed by atoms with Gasteiger partial charge in [0.25, 0.3) is 0 Å². The number of nitrogens with one attached hydrogen (secondary N) is 1. The first-order valence-electron chi connectivity index (χ1n) is 9.22. The molecule has 1 aliphatic rings. The number of nitrogens with zero attached hydrogens (tertiary/aromatic N) is 2. The molecule has 2 aromatic rings. The zero-order valence-corrected chi connectivity index (χ0v) is 17.1. The first kappa shape index (κ1) is 19.8. The second kappa shape index (κ2) is 8.85. The predicted molar refractivity (Wildman–Crippen MR) is 109 cm³/mol. The first-order valence-corrected chi connectivity index (χ1v) is 10.4. The van der Waals surface area contributed by atoms with E-state index in [1.165, 1.54) is 11.3 Å². The summed E-state index contributed by atoms with van der Waals surface area (Å²) in [7, 11) is 0. The van der Waals surface area contributed by atoms with E-state index in [2.05, 4.69) is 10.3 Å². The van der Waals surface area contributed by atoms with Gasteiger partial charge in [-0.05, 0) is 24.5 Å². The van der Waals surface area contributed by atoms with Crippen LogP contribution in [0.4, 0.5) is 5.13 Å². The van der Waals surface area contributed by atoms with Crippen molar-refractivity contribution >= 4 is 39.9 Å². The number of rotatable bonds is 5. The van der Waals surface area contributed by atoms with Crippen LogP contribution in [-0.2, 0) is 16.0 Å². The van der Waals surface area contributed by atoms with Gasteiger partial charge in [0.1, 0.15) is 0 Å². The van der Waals surface area contributed by atoms with Crippen LogP contribution in [0.25, 0.3) is 0 Å². The van der Waals surface area contributed by atoms with Gasteiger partial charge in [-0.3, -0.25) is 9.59 Å². The summed E-state index contributed by atoms with van der Waals surface area (Å²) in [6, 6.07) is 7.73. The lowest BCUT2D eigenvalue weighted by Gasteiger charge is -2.32. The van der Waals surface area contributed by atoms with Crippen molar-refractivity contribution in [2.75, 3.05) is 18.4 Å². The quantitative estimate of drug-likeness (QED) is 0.809. The maximum Gasteiger partial charge on any atom is 0.229 e. The van der Waals surface area contributed by atoms with Gasteiger partial charge in [0.15, 0.2) is 5.13 Å². The summed E-state index contributed by atoms with van der Waals surface area (Å²) in [5, 5.41) is 4.28. The standard InChI is InChI=1S/C20H24ClN3O2S/c1-13(2)19(26)24-9-7-14(8-10-24)18(25)23-20-22-12-16(27-20)11-15-5-3-4-6-17(15)21/h3-6,12-14H,7-11H2,1-2H3,(H,22,23,25). The van der Waals surface area contributed by atoms with E-state index < -0.39 is 0 Å². The van der Waals surface area contributed by atoms with E-state index in [0.29, 0.717) is 37.5 Å². The van der Waals surface area contributed by atoms with Crippen molar-refractivity contribution < 1.29 is 9.59 Å². The van der Waals surface area contributed by atoms with E-state index in [-0.39, 0.29) is 23.7 Å². The third-order valence-electron chi connectivity index (χ3n) is 4.78. The number of thiazole rings is 1. The molecular formula is C20H24ClN3O2S. The van der Waals surface area contributed by atoms with Gasteiger partial charge >= 0.3 is 0 Å². The van der Waals surface area contributed by atoms with Gasteiger partial charge in [-0.2, -0.15) is 0 Å². The monoisotopic (exact) mass is 405 g/mol. The maximum atomic E-state index is 12.5. The van der Waals surface area contributed by atoms with Gasteiger partial charge in [-0.1, -0.05) is 43.6 Å². The zero-order chi connectivity index (χ0) is 19.4. The fraction of sp³-hybridized carbons (Fsp3) is 0.450. The molecule has 0 unspecified atom stereocenters. The van der Waals surface area contributed by atoms with Gasteiger partial charge in [0.2, 0.25) is 11.8 Å². The number of anilines is 1. The van der Waals surface area contributed by atoms with Gasteiger partial charge in [-0.25, -0.2) is 4.98 Å². The zero-order valence-electron chi connectivity index (χ0n) is 15.6. The maximum absolute atomic E-state index is 12.5. The Kier molecular flexibility index (Phi) is 6.50. The van der Waals surface area contributed by atoms with Gasteiger partial charge in [0, 0.05) is 47.4 Å². The third-order valence-corrected chi connectivity index (χ3v) is 6.06. The Morgan fingerprint density at radius 2 is 2.00 bits per heavy atom. The third kappa shape index (κ3) is 5.08. The Morgan fingerprint density at radius 1 is 1.30 bits per heavy atom. The van der Waals surface area contributed by atoms with Gasteiger partial charge in [-0.15, -0.1) is 11.3 Å². The van der Waals surface area contributed by atoms with Crippen LogP contribution < -0.4 is 5.32 Å². The molecule has 1 aromatic carbocycles. The molecule has 2 heterocycles. The Balaban J connectivity index is 1.53. The highest BCUT2D eigenvalue weighted by atomic mass is 35.5. The Morgan fingerprint density at radius 3 is 2.67 bits per heavy atom. The number of aromatic nitrogens is 1. The number of hydrogen-bond acceptors (Lipinski definition) is 4. The molecule has 3 rings (SSSR count). The molecular weight excluding hydrogens is 382 g/mol. The number of benzene rings is 1. The van der Waals surface area contributed by atoms with Crippen LogP contribution in [0.15, 0.2) is 30.5 Å². The Labute approximate surface area is 168 Å². The lowest BCUT2D eigenvalue weighted by Crippen LogP contribution is -2.43. The molecule has 2 amide bonds. The summed E-state index contributed by atoms with van der Waals surface area (Å²) in [6.07, 6.45) is 3.88. The molecule has 1 fully saturated rings. The van der Waals surface area contributed by atoms with Gasteiger partial charge < -0.3 is 10.2 Å². The van der Waals surface area contributed by atoms with E-state index >= 15 is 0 Å². The van der Waals surface area contributed by atoms with Crippen molar-refractivity contribution in [3.8, 4) is 0 Å². The minimum Gasteiger partial charge on any atom is -0.342 e. The van der Waals surface area contributed by atoms with Crippen LogP contribution in [0.1, 0.15) is 37.1 Å². The number of piperidine rings is 1. The minimum absolute atomic E-state index is 0.00207. The Bertz CT molecular complexity index is 813. The van der Waals surface area contributed by atoms with Crippen molar-refractivity contribution in [2.24, 2.45) is 11.8 Å². The van der Waals surface area contributed by atoms with Crippen LogP contribution >= 0.6 is 22.9 Å². The molecule has 1 N–H and O–H groups in total. The average Bonchev–Trinajstić information content (AvgIpc) is 3.10. The molecule has 144 valence electrons. The summed E-state index contributed by atoms with van der Waals surface area (Å²) in [5.41, 5.74) is 1.04. The molecule has 0 atom stereocenters. The topological polar surface area (TPSA) is 62.3 Å². The Hall–Kier alpha value is -1.92.